The van der Waals surface area contributed by atoms with Crippen LogP contribution >= 0.6 is 0 Å². The van der Waals surface area contributed by atoms with Gasteiger partial charge in [0.1, 0.15) is 11.6 Å². The molecule has 1 amide bonds. The number of nitrogens with zero attached hydrogens (tertiary/aromatic N) is 6. The molecule has 1 fully saturated rings. The number of piperazine rings is 1. The van der Waals surface area contributed by atoms with E-state index in [1.807, 2.05) is 36.9 Å². The smallest absolute Gasteiger partial charge is 0.227 e. The highest BCUT2D eigenvalue weighted by molar-refractivity contribution is 5.76. The number of carbonyl (C=O) groups excluding carboxylic acids is 1. The third-order valence-corrected chi connectivity index (χ3v) is 5.77. The SMILES string of the molecule is Cc1cc(N2CCN(C(=O)CCc3nc(-c4ccc(C(C)C)cc4)no3)CC2)nc(C)n1. The second kappa shape index (κ2) is 9.46. The monoisotopic (exact) mass is 434 g/mol. The number of benzene rings is 1. The summed E-state index contributed by atoms with van der Waals surface area (Å²) in [5, 5.41) is 4.08. The third kappa shape index (κ3) is 5.12. The maximum atomic E-state index is 12.7. The van der Waals surface area contributed by atoms with Gasteiger partial charge in [0.25, 0.3) is 0 Å². The van der Waals surface area contributed by atoms with Crippen LogP contribution in [0, 0.1) is 13.8 Å². The van der Waals surface area contributed by atoms with Gasteiger partial charge >= 0.3 is 0 Å². The van der Waals surface area contributed by atoms with Gasteiger partial charge in [-0.25, -0.2) is 9.97 Å². The molecular weight excluding hydrogens is 404 g/mol. The van der Waals surface area contributed by atoms with E-state index < -0.39 is 0 Å². The minimum atomic E-state index is 0.112. The molecule has 1 aliphatic heterocycles. The van der Waals surface area contributed by atoms with E-state index in [2.05, 4.69) is 51.0 Å². The van der Waals surface area contributed by atoms with Crippen LogP contribution < -0.4 is 4.90 Å². The van der Waals surface area contributed by atoms with Crippen LogP contribution in [0.15, 0.2) is 34.9 Å². The van der Waals surface area contributed by atoms with E-state index in [-0.39, 0.29) is 5.91 Å². The Balaban J connectivity index is 1.28. The number of hydrogen-bond acceptors (Lipinski definition) is 7. The van der Waals surface area contributed by atoms with Gasteiger partial charge in [-0.2, -0.15) is 4.98 Å². The molecule has 1 saturated heterocycles. The van der Waals surface area contributed by atoms with Gasteiger partial charge in [0.2, 0.25) is 17.6 Å². The fraction of sp³-hybridized carbons (Fsp3) is 0.458. The van der Waals surface area contributed by atoms with E-state index in [1.165, 1.54) is 5.56 Å². The van der Waals surface area contributed by atoms with Crippen LogP contribution in [0.5, 0.6) is 0 Å². The standard InChI is InChI=1S/C24H30N6O2/c1-16(2)19-5-7-20(8-6-19)24-27-22(32-28-24)9-10-23(31)30-13-11-29(12-14-30)21-15-17(3)25-18(4)26-21/h5-8,15-16H,9-14H2,1-4H3. The largest absolute Gasteiger partial charge is 0.353 e. The summed E-state index contributed by atoms with van der Waals surface area (Å²) in [6, 6.07) is 10.2. The molecule has 0 saturated carbocycles. The molecule has 3 aromatic rings. The van der Waals surface area contributed by atoms with Gasteiger partial charge in [0.05, 0.1) is 0 Å². The highest BCUT2D eigenvalue weighted by Gasteiger charge is 2.23. The minimum absolute atomic E-state index is 0.112. The summed E-state index contributed by atoms with van der Waals surface area (Å²) in [7, 11) is 0. The Labute approximate surface area is 188 Å². The van der Waals surface area contributed by atoms with Crippen molar-refractivity contribution in [3.8, 4) is 11.4 Å². The van der Waals surface area contributed by atoms with E-state index in [1.54, 1.807) is 0 Å². The molecule has 8 nitrogen and oxygen atoms in total. The molecule has 4 rings (SSSR count). The zero-order chi connectivity index (χ0) is 22.7. The number of rotatable bonds is 6. The number of carbonyl (C=O) groups is 1. The molecule has 2 aromatic heterocycles. The van der Waals surface area contributed by atoms with Crippen molar-refractivity contribution in [3.05, 3.63) is 53.3 Å². The minimum Gasteiger partial charge on any atom is -0.353 e. The van der Waals surface area contributed by atoms with Gasteiger partial charge in [-0.05, 0) is 25.3 Å². The molecule has 1 aliphatic rings. The van der Waals surface area contributed by atoms with Crippen molar-refractivity contribution in [2.75, 3.05) is 31.1 Å². The number of amides is 1. The Hall–Kier alpha value is -3.29. The van der Waals surface area contributed by atoms with Crippen LogP contribution in [-0.2, 0) is 11.2 Å². The average molecular weight is 435 g/mol. The summed E-state index contributed by atoms with van der Waals surface area (Å²) < 4.78 is 5.38. The first-order valence-corrected chi connectivity index (χ1v) is 11.2. The molecule has 0 unspecified atom stereocenters. The zero-order valence-electron chi connectivity index (χ0n) is 19.2. The Morgan fingerprint density at radius 3 is 2.41 bits per heavy atom. The summed E-state index contributed by atoms with van der Waals surface area (Å²) in [6.07, 6.45) is 0.806. The average Bonchev–Trinajstić information content (AvgIpc) is 3.26. The van der Waals surface area contributed by atoms with E-state index in [4.69, 9.17) is 4.52 Å². The lowest BCUT2D eigenvalue weighted by Crippen LogP contribution is -2.49. The predicted molar refractivity (Wildman–Crippen MR) is 122 cm³/mol. The highest BCUT2D eigenvalue weighted by Crippen LogP contribution is 2.21. The Kier molecular flexibility index (Phi) is 6.48. The van der Waals surface area contributed by atoms with Crippen molar-refractivity contribution in [1.82, 2.24) is 25.0 Å². The number of aromatic nitrogens is 4. The molecule has 3 heterocycles. The highest BCUT2D eigenvalue weighted by atomic mass is 16.5. The molecule has 0 spiro atoms. The normalized spacial score (nSPS) is 14.3. The lowest BCUT2D eigenvalue weighted by Gasteiger charge is -2.35. The fourth-order valence-electron chi connectivity index (χ4n) is 3.91. The molecule has 0 bridgehead atoms. The Bertz CT molecular complexity index is 1050. The van der Waals surface area contributed by atoms with E-state index >= 15 is 0 Å². The first kappa shape index (κ1) is 21.9. The quantitative estimate of drug-likeness (QED) is 0.586. The van der Waals surface area contributed by atoms with Crippen molar-refractivity contribution in [2.45, 2.75) is 46.5 Å². The number of hydrogen-bond donors (Lipinski definition) is 0. The molecular formula is C24H30N6O2. The van der Waals surface area contributed by atoms with Crippen LogP contribution in [0.1, 0.15) is 49.2 Å². The number of anilines is 1. The van der Waals surface area contributed by atoms with Crippen molar-refractivity contribution in [3.63, 3.8) is 0 Å². The third-order valence-electron chi connectivity index (χ3n) is 5.77. The summed E-state index contributed by atoms with van der Waals surface area (Å²) >= 11 is 0. The fourth-order valence-corrected chi connectivity index (χ4v) is 3.91. The molecule has 0 aliphatic carbocycles. The Morgan fingerprint density at radius 2 is 1.75 bits per heavy atom. The molecule has 1 aromatic carbocycles. The van der Waals surface area contributed by atoms with Gasteiger partial charge in [-0.15, -0.1) is 0 Å². The van der Waals surface area contributed by atoms with Crippen molar-refractivity contribution in [1.29, 1.82) is 0 Å². The summed E-state index contributed by atoms with van der Waals surface area (Å²) in [6.45, 7) is 11.1. The first-order valence-electron chi connectivity index (χ1n) is 11.2. The van der Waals surface area contributed by atoms with Crippen LogP contribution in [0.4, 0.5) is 5.82 Å². The van der Waals surface area contributed by atoms with Gasteiger partial charge in [0.15, 0.2) is 0 Å². The van der Waals surface area contributed by atoms with E-state index in [0.29, 0.717) is 43.6 Å². The maximum Gasteiger partial charge on any atom is 0.227 e. The van der Waals surface area contributed by atoms with Crippen molar-refractivity contribution >= 4 is 11.7 Å². The van der Waals surface area contributed by atoms with Crippen molar-refractivity contribution < 1.29 is 9.32 Å². The molecule has 8 heteroatoms. The molecule has 0 radical (unpaired) electrons. The van der Waals surface area contributed by atoms with Crippen LogP contribution in [-0.4, -0.2) is 57.1 Å². The van der Waals surface area contributed by atoms with Crippen LogP contribution in [0.3, 0.4) is 0 Å². The topological polar surface area (TPSA) is 88.2 Å². The van der Waals surface area contributed by atoms with Crippen LogP contribution in [0.25, 0.3) is 11.4 Å². The van der Waals surface area contributed by atoms with E-state index in [0.717, 1.165) is 36.0 Å². The zero-order valence-corrected chi connectivity index (χ0v) is 19.2. The van der Waals surface area contributed by atoms with Gasteiger partial charge in [0, 0.05) is 56.3 Å². The van der Waals surface area contributed by atoms with Gasteiger partial charge in [-0.1, -0.05) is 43.3 Å². The summed E-state index contributed by atoms with van der Waals surface area (Å²) in [5.41, 5.74) is 3.15. The van der Waals surface area contributed by atoms with Crippen molar-refractivity contribution in [2.24, 2.45) is 0 Å². The molecule has 168 valence electrons. The molecule has 0 atom stereocenters. The summed E-state index contributed by atoms with van der Waals surface area (Å²) in [4.78, 5) is 30.1. The Morgan fingerprint density at radius 1 is 1.03 bits per heavy atom. The van der Waals surface area contributed by atoms with E-state index in [9.17, 15) is 4.79 Å². The second-order valence-corrected chi connectivity index (χ2v) is 8.57. The molecule has 32 heavy (non-hydrogen) atoms. The first-order chi connectivity index (χ1) is 15.4. The molecule has 0 N–H and O–H groups in total. The van der Waals surface area contributed by atoms with Crippen LogP contribution in [0.2, 0.25) is 0 Å². The van der Waals surface area contributed by atoms with Gasteiger partial charge in [-0.3, -0.25) is 4.79 Å². The summed E-state index contributed by atoms with van der Waals surface area (Å²) in [5.74, 6) is 3.35. The maximum absolute atomic E-state index is 12.7. The predicted octanol–water partition coefficient (Wildman–Crippen LogP) is 3.55. The second-order valence-electron chi connectivity index (χ2n) is 8.57. The number of aryl methyl sites for hydroxylation is 3. The lowest BCUT2D eigenvalue weighted by molar-refractivity contribution is -0.131. The lowest BCUT2D eigenvalue weighted by atomic mass is 10.0. The van der Waals surface area contributed by atoms with Gasteiger partial charge < -0.3 is 14.3 Å².